The maximum atomic E-state index is 12.9. The van der Waals surface area contributed by atoms with Gasteiger partial charge in [-0.25, -0.2) is 8.42 Å². The fraction of sp³-hybridized carbons (Fsp3) is 0.238. The third-order valence-electron chi connectivity index (χ3n) is 5.13. The van der Waals surface area contributed by atoms with Crippen molar-refractivity contribution in [2.75, 3.05) is 38.2 Å². The van der Waals surface area contributed by atoms with Crippen molar-refractivity contribution in [3.63, 3.8) is 0 Å². The van der Waals surface area contributed by atoms with Crippen LogP contribution in [0.2, 0.25) is 10.0 Å². The molecule has 0 radical (unpaired) electrons. The minimum absolute atomic E-state index is 0.138. The maximum absolute atomic E-state index is 12.9. The molecule has 2 heterocycles. The van der Waals surface area contributed by atoms with Crippen LogP contribution in [0.15, 0.2) is 59.5 Å². The van der Waals surface area contributed by atoms with Gasteiger partial charge in [0, 0.05) is 31.7 Å². The molecule has 0 unspecified atom stereocenters. The van der Waals surface area contributed by atoms with Crippen LogP contribution < -0.4 is 9.64 Å². The Labute approximate surface area is 191 Å². The fourth-order valence-corrected chi connectivity index (χ4v) is 5.17. The number of piperazine rings is 1. The van der Waals surface area contributed by atoms with Gasteiger partial charge < -0.3 is 9.64 Å². The number of methoxy groups -OCH3 is 1. The monoisotopic (exact) mass is 478 g/mol. The van der Waals surface area contributed by atoms with Crippen LogP contribution >= 0.6 is 23.2 Å². The average molecular weight is 479 g/mol. The Kier molecular flexibility index (Phi) is 6.34. The number of benzene rings is 2. The first-order chi connectivity index (χ1) is 14.9. The van der Waals surface area contributed by atoms with Gasteiger partial charge >= 0.3 is 0 Å². The normalized spacial score (nSPS) is 15.1. The second-order valence-corrected chi connectivity index (χ2v) is 9.72. The Balaban J connectivity index is 1.42. The van der Waals surface area contributed by atoms with E-state index in [9.17, 15) is 8.42 Å². The van der Waals surface area contributed by atoms with Gasteiger partial charge in [-0.1, -0.05) is 23.2 Å². The summed E-state index contributed by atoms with van der Waals surface area (Å²) < 4.78 is 32.4. The number of ether oxygens (including phenoxy) is 1. The molecule has 4 rings (SSSR count). The largest absolute Gasteiger partial charge is 0.497 e. The molecule has 162 valence electrons. The molecule has 1 aliphatic heterocycles. The summed E-state index contributed by atoms with van der Waals surface area (Å²) >= 11 is 11.9. The van der Waals surface area contributed by atoms with E-state index in [2.05, 4.69) is 10.2 Å². The van der Waals surface area contributed by atoms with Crippen molar-refractivity contribution in [1.82, 2.24) is 14.5 Å². The zero-order valence-corrected chi connectivity index (χ0v) is 19.0. The van der Waals surface area contributed by atoms with Gasteiger partial charge in [-0.3, -0.25) is 0 Å². The lowest BCUT2D eigenvalue weighted by atomic mass is 10.1. The number of anilines is 1. The number of hydrogen-bond donors (Lipinski definition) is 0. The van der Waals surface area contributed by atoms with Gasteiger partial charge in [0.05, 0.1) is 27.7 Å². The minimum Gasteiger partial charge on any atom is -0.497 e. The first kappa shape index (κ1) is 21.8. The highest BCUT2D eigenvalue weighted by Gasteiger charge is 2.29. The standard InChI is InChI=1S/C21H20Cl2N4O3S/c1-30-16-4-2-15(3-5-16)20-8-9-21(25-24-20)26-10-12-27(13-11-26)31(28,29)17-6-7-18(22)19(23)14-17/h2-9,14H,10-13H2,1H3. The Morgan fingerprint density at radius 2 is 1.58 bits per heavy atom. The predicted molar refractivity (Wildman–Crippen MR) is 121 cm³/mol. The third-order valence-corrected chi connectivity index (χ3v) is 7.76. The summed E-state index contributed by atoms with van der Waals surface area (Å²) in [5.74, 6) is 1.49. The molecule has 0 amide bonds. The summed E-state index contributed by atoms with van der Waals surface area (Å²) in [6, 6.07) is 15.8. The van der Waals surface area contributed by atoms with Crippen LogP contribution in [-0.4, -0.2) is 56.2 Å². The van der Waals surface area contributed by atoms with Gasteiger partial charge in [0.1, 0.15) is 5.75 Å². The Bertz CT molecular complexity index is 1160. The fourth-order valence-electron chi connectivity index (χ4n) is 3.35. The van der Waals surface area contributed by atoms with Crippen LogP contribution in [0.1, 0.15) is 0 Å². The van der Waals surface area contributed by atoms with E-state index in [-0.39, 0.29) is 9.92 Å². The van der Waals surface area contributed by atoms with E-state index < -0.39 is 10.0 Å². The van der Waals surface area contributed by atoms with E-state index in [4.69, 9.17) is 27.9 Å². The molecule has 0 aliphatic carbocycles. The summed E-state index contributed by atoms with van der Waals surface area (Å²) in [6.45, 7) is 1.70. The number of aromatic nitrogens is 2. The first-order valence-electron chi connectivity index (χ1n) is 9.57. The van der Waals surface area contributed by atoms with Crippen LogP contribution in [0.5, 0.6) is 5.75 Å². The number of halogens is 2. The van der Waals surface area contributed by atoms with Crippen molar-refractivity contribution in [2.45, 2.75) is 4.90 Å². The smallest absolute Gasteiger partial charge is 0.243 e. The van der Waals surface area contributed by atoms with Crippen molar-refractivity contribution in [3.8, 4) is 17.0 Å². The highest BCUT2D eigenvalue weighted by atomic mass is 35.5. The Morgan fingerprint density at radius 1 is 0.871 bits per heavy atom. The van der Waals surface area contributed by atoms with Crippen LogP contribution in [-0.2, 0) is 10.0 Å². The minimum atomic E-state index is -3.64. The first-order valence-corrected chi connectivity index (χ1v) is 11.8. The van der Waals surface area contributed by atoms with Gasteiger partial charge in [0.25, 0.3) is 0 Å². The molecule has 0 spiro atoms. The van der Waals surface area contributed by atoms with Gasteiger partial charge in [-0.2, -0.15) is 4.31 Å². The summed E-state index contributed by atoms with van der Waals surface area (Å²) in [6.07, 6.45) is 0. The van der Waals surface area contributed by atoms with E-state index >= 15 is 0 Å². The zero-order valence-electron chi connectivity index (χ0n) is 16.7. The van der Waals surface area contributed by atoms with Gasteiger partial charge in [-0.15, -0.1) is 10.2 Å². The molecule has 1 fully saturated rings. The Morgan fingerprint density at radius 3 is 2.16 bits per heavy atom. The molecule has 3 aromatic rings. The van der Waals surface area contributed by atoms with E-state index in [0.717, 1.165) is 17.0 Å². The topological polar surface area (TPSA) is 75.6 Å². The van der Waals surface area contributed by atoms with E-state index in [1.165, 1.54) is 22.5 Å². The summed E-state index contributed by atoms with van der Waals surface area (Å²) in [5, 5.41) is 9.19. The van der Waals surface area contributed by atoms with Crippen molar-refractivity contribution < 1.29 is 13.2 Å². The third kappa shape index (κ3) is 4.62. The molecule has 7 nitrogen and oxygen atoms in total. The quantitative estimate of drug-likeness (QED) is 0.552. The lowest BCUT2D eigenvalue weighted by molar-refractivity contribution is 0.383. The van der Waals surface area contributed by atoms with E-state index in [0.29, 0.717) is 37.0 Å². The van der Waals surface area contributed by atoms with Crippen molar-refractivity contribution in [3.05, 3.63) is 64.6 Å². The summed E-state index contributed by atoms with van der Waals surface area (Å²) in [7, 11) is -2.01. The molecule has 1 aromatic heterocycles. The number of sulfonamides is 1. The molecular formula is C21H20Cl2N4O3S. The molecule has 0 atom stereocenters. The molecule has 2 aromatic carbocycles. The van der Waals surface area contributed by atoms with E-state index in [1.807, 2.05) is 41.3 Å². The highest BCUT2D eigenvalue weighted by molar-refractivity contribution is 7.89. The van der Waals surface area contributed by atoms with Crippen molar-refractivity contribution in [2.24, 2.45) is 0 Å². The number of nitrogens with zero attached hydrogens (tertiary/aromatic N) is 4. The molecule has 31 heavy (non-hydrogen) atoms. The average Bonchev–Trinajstić information content (AvgIpc) is 2.81. The molecule has 0 bridgehead atoms. The van der Waals surface area contributed by atoms with Crippen LogP contribution in [0, 0.1) is 0 Å². The SMILES string of the molecule is COc1ccc(-c2ccc(N3CCN(S(=O)(=O)c4ccc(Cl)c(Cl)c4)CC3)nn2)cc1. The summed E-state index contributed by atoms with van der Waals surface area (Å²) in [5.41, 5.74) is 1.70. The maximum Gasteiger partial charge on any atom is 0.243 e. The van der Waals surface area contributed by atoms with Gasteiger partial charge in [0.2, 0.25) is 10.0 Å². The van der Waals surface area contributed by atoms with Crippen molar-refractivity contribution in [1.29, 1.82) is 0 Å². The number of rotatable bonds is 5. The summed E-state index contributed by atoms with van der Waals surface area (Å²) in [4.78, 5) is 2.16. The van der Waals surface area contributed by atoms with Crippen molar-refractivity contribution >= 4 is 39.0 Å². The molecule has 1 aliphatic rings. The van der Waals surface area contributed by atoms with E-state index in [1.54, 1.807) is 7.11 Å². The lowest BCUT2D eigenvalue weighted by Gasteiger charge is -2.34. The predicted octanol–water partition coefficient (Wildman–Crippen LogP) is 3.97. The molecule has 10 heteroatoms. The molecule has 0 saturated carbocycles. The second kappa shape index (κ2) is 9.00. The lowest BCUT2D eigenvalue weighted by Crippen LogP contribution is -2.49. The van der Waals surface area contributed by atoms with Crippen LogP contribution in [0.4, 0.5) is 5.82 Å². The van der Waals surface area contributed by atoms with Crippen LogP contribution in [0.3, 0.4) is 0 Å². The molecule has 0 N–H and O–H groups in total. The zero-order chi connectivity index (χ0) is 22.0. The van der Waals surface area contributed by atoms with Gasteiger partial charge in [0.15, 0.2) is 5.82 Å². The Hall–Kier alpha value is -2.39. The number of hydrogen-bond acceptors (Lipinski definition) is 6. The molecule has 1 saturated heterocycles. The van der Waals surface area contributed by atoms with Gasteiger partial charge in [-0.05, 0) is 54.6 Å². The molecular weight excluding hydrogens is 459 g/mol. The highest BCUT2D eigenvalue weighted by Crippen LogP contribution is 2.28. The van der Waals surface area contributed by atoms with Crippen LogP contribution in [0.25, 0.3) is 11.3 Å². The second-order valence-electron chi connectivity index (χ2n) is 6.97.